The summed E-state index contributed by atoms with van der Waals surface area (Å²) in [5.41, 5.74) is 0. The molecule has 0 aromatic carbocycles. The van der Waals surface area contributed by atoms with Crippen LogP contribution < -0.4 is 0 Å². The molecule has 19 heavy (non-hydrogen) atoms. The number of ketones is 1. The van der Waals surface area contributed by atoms with Gasteiger partial charge < -0.3 is 4.74 Å². The highest BCUT2D eigenvalue weighted by atomic mass is 16.5. The third-order valence-corrected chi connectivity index (χ3v) is 3.75. The Bertz CT molecular complexity index is 273. The van der Waals surface area contributed by atoms with E-state index >= 15 is 0 Å². The van der Waals surface area contributed by atoms with Gasteiger partial charge in [-0.3, -0.25) is 9.59 Å². The van der Waals surface area contributed by atoms with Gasteiger partial charge in [-0.25, -0.2) is 0 Å². The van der Waals surface area contributed by atoms with E-state index in [0.29, 0.717) is 31.5 Å². The van der Waals surface area contributed by atoms with Gasteiger partial charge in [-0.2, -0.15) is 0 Å². The van der Waals surface area contributed by atoms with Crippen molar-refractivity contribution in [1.29, 1.82) is 0 Å². The van der Waals surface area contributed by atoms with Crippen LogP contribution >= 0.6 is 0 Å². The van der Waals surface area contributed by atoms with Crippen LogP contribution in [0.3, 0.4) is 0 Å². The van der Waals surface area contributed by atoms with Crippen molar-refractivity contribution in [2.45, 2.75) is 90.1 Å². The first-order valence-electron chi connectivity index (χ1n) is 7.89. The second kappa shape index (κ2) is 9.99. The zero-order chi connectivity index (χ0) is 13.9. The molecule has 0 aliphatic carbocycles. The predicted octanol–water partition coefficient (Wildman–Crippen LogP) is 4.18. The third kappa shape index (κ3) is 8.79. The zero-order valence-corrected chi connectivity index (χ0v) is 12.3. The molecule has 1 aliphatic rings. The van der Waals surface area contributed by atoms with E-state index in [1.165, 1.54) is 32.1 Å². The van der Waals surface area contributed by atoms with Gasteiger partial charge in [0, 0.05) is 19.3 Å². The SMILES string of the molecule is CC1CCC(=O)CCCCCCCCCCC(=O)O1. The van der Waals surface area contributed by atoms with Gasteiger partial charge in [0.1, 0.15) is 5.78 Å². The average molecular weight is 268 g/mol. The molecule has 3 heteroatoms. The van der Waals surface area contributed by atoms with Crippen LogP contribution in [0.15, 0.2) is 0 Å². The second-order valence-corrected chi connectivity index (χ2v) is 5.71. The van der Waals surface area contributed by atoms with E-state index in [9.17, 15) is 9.59 Å². The summed E-state index contributed by atoms with van der Waals surface area (Å²) in [6, 6.07) is 0. The lowest BCUT2D eigenvalue weighted by atomic mass is 10.0. The fourth-order valence-electron chi connectivity index (χ4n) is 2.48. The van der Waals surface area contributed by atoms with Crippen molar-refractivity contribution < 1.29 is 14.3 Å². The Labute approximate surface area is 117 Å². The van der Waals surface area contributed by atoms with Crippen molar-refractivity contribution in [2.75, 3.05) is 0 Å². The van der Waals surface area contributed by atoms with Gasteiger partial charge in [0.2, 0.25) is 0 Å². The lowest BCUT2D eigenvalue weighted by molar-refractivity contribution is -0.149. The van der Waals surface area contributed by atoms with E-state index in [1.807, 2.05) is 6.92 Å². The van der Waals surface area contributed by atoms with Gasteiger partial charge in [0.25, 0.3) is 0 Å². The molecule has 3 nitrogen and oxygen atoms in total. The van der Waals surface area contributed by atoms with Crippen LogP contribution in [-0.4, -0.2) is 17.9 Å². The first kappa shape index (κ1) is 16.2. The quantitative estimate of drug-likeness (QED) is 0.619. The van der Waals surface area contributed by atoms with Crippen LogP contribution in [0.5, 0.6) is 0 Å². The van der Waals surface area contributed by atoms with Gasteiger partial charge >= 0.3 is 5.97 Å². The van der Waals surface area contributed by atoms with Crippen LogP contribution in [0.4, 0.5) is 0 Å². The molecule has 1 saturated heterocycles. The number of carbonyl (C=O) groups is 2. The fraction of sp³-hybridized carbons (Fsp3) is 0.875. The highest BCUT2D eigenvalue weighted by molar-refractivity contribution is 5.78. The highest BCUT2D eigenvalue weighted by Crippen LogP contribution is 2.14. The summed E-state index contributed by atoms with van der Waals surface area (Å²) in [4.78, 5) is 23.2. The molecule has 0 aromatic heterocycles. The number of hydrogen-bond donors (Lipinski definition) is 0. The smallest absolute Gasteiger partial charge is 0.306 e. The molecule has 1 aliphatic heterocycles. The molecule has 0 amide bonds. The minimum atomic E-state index is -0.121. The largest absolute Gasteiger partial charge is 0.463 e. The van der Waals surface area contributed by atoms with Crippen molar-refractivity contribution in [2.24, 2.45) is 0 Å². The molecular weight excluding hydrogens is 240 g/mol. The minimum Gasteiger partial charge on any atom is -0.463 e. The number of rotatable bonds is 0. The first-order valence-corrected chi connectivity index (χ1v) is 7.89. The van der Waals surface area contributed by atoms with Crippen LogP contribution in [0.2, 0.25) is 0 Å². The molecule has 1 atom stereocenters. The van der Waals surface area contributed by atoms with Gasteiger partial charge in [-0.05, 0) is 26.2 Å². The Hall–Kier alpha value is -0.860. The van der Waals surface area contributed by atoms with Crippen LogP contribution in [-0.2, 0) is 14.3 Å². The standard InChI is InChI=1S/C16H28O3/c1-14-12-13-15(17)10-8-6-4-2-3-5-7-9-11-16(18)19-14/h14H,2-13H2,1H3. The van der Waals surface area contributed by atoms with Crippen molar-refractivity contribution in [3.63, 3.8) is 0 Å². The fourth-order valence-corrected chi connectivity index (χ4v) is 2.48. The summed E-state index contributed by atoms with van der Waals surface area (Å²) in [7, 11) is 0. The summed E-state index contributed by atoms with van der Waals surface area (Å²) < 4.78 is 5.31. The predicted molar refractivity (Wildman–Crippen MR) is 76.0 cm³/mol. The van der Waals surface area contributed by atoms with Crippen molar-refractivity contribution in [3.05, 3.63) is 0 Å². The number of hydrogen-bond acceptors (Lipinski definition) is 3. The molecule has 110 valence electrons. The molecule has 0 aromatic rings. The highest BCUT2D eigenvalue weighted by Gasteiger charge is 2.11. The third-order valence-electron chi connectivity index (χ3n) is 3.75. The Morgan fingerprint density at radius 2 is 1.32 bits per heavy atom. The summed E-state index contributed by atoms with van der Waals surface area (Å²) in [5, 5.41) is 0. The lowest BCUT2D eigenvalue weighted by Gasteiger charge is -2.13. The van der Waals surface area contributed by atoms with Crippen molar-refractivity contribution >= 4 is 11.8 Å². The average Bonchev–Trinajstić information content (AvgIpc) is 2.37. The van der Waals surface area contributed by atoms with E-state index in [1.54, 1.807) is 0 Å². The van der Waals surface area contributed by atoms with E-state index in [2.05, 4.69) is 0 Å². The van der Waals surface area contributed by atoms with Gasteiger partial charge in [0.15, 0.2) is 0 Å². The van der Waals surface area contributed by atoms with Crippen LogP contribution in [0, 0.1) is 0 Å². The van der Waals surface area contributed by atoms with Gasteiger partial charge in [-0.1, -0.05) is 38.5 Å². The summed E-state index contributed by atoms with van der Waals surface area (Å²) in [5.74, 6) is 0.210. The Morgan fingerprint density at radius 3 is 1.95 bits per heavy atom. The summed E-state index contributed by atoms with van der Waals surface area (Å²) in [6.45, 7) is 1.88. The Kier molecular flexibility index (Phi) is 8.52. The maximum atomic E-state index is 11.7. The molecular formula is C16H28O3. The maximum absolute atomic E-state index is 11.7. The molecule has 0 radical (unpaired) electrons. The van der Waals surface area contributed by atoms with E-state index in [-0.39, 0.29) is 12.1 Å². The number of ether oxygens (including phenoxy) is 1. The normalized spacial score (nSPS) is 25.8. The number of cyclic esters (lactones) is 1. The summed E-state index contributed by atoms with van der Waals surface area (Å²) >= 11 is 0. The Balaban J connectivity index is 2.32. The van der Waals surface area contributed by atoms with Crippen LogP contribution in [0.1, 0.15) is 84.0 Å². The zero-order valence-electron chi connectivity index (χ0n) is 12.3. The van der Waals surface area contributed by atoms with Gasteiger partial charge in [0.05, 0.1) is 6.10 Å². The molecule has 0 N–H and O–H groups in total. The minimum absolute atomic E-state index is 0.105. The number of carbonyl (C=O) groups excluding carboxylic acids is 2. The molecule has 0 spiro atoms. The monoisotopic (exact) mass is 268 g/mol. The maximum Gasteiger partial charge on any atom is 0.306 e. The Morgan fingerprint density at radius 1 is 0.789 bits per heavy atom. The topological polar surface area (TPSA) is 43.4 Å². The van der Waals surface area contributed by atoms with Crippen molar-refractivity contribution in [3.8, 4) is 0 Å². The molecule has 1 heterocycles. The van der Waals surface area contributed by atoms with Gasteiger partial charge in [-0.15, -0.1) is 0 Å². The van der Waals surface area contributed by atoms with E-state index < -0.39 is 0 Å². The summed E-state index contributed by atoms with van der Waals surface area (Å²) in [6.07, 6.45) is 11.5. The lowest BCUT2D eigenvalue weighted by Crippen LogP contribution is -2.16. The number of esters is 1. The number of Topliss-reactive ketones (excluding diaryl/α,β-unsaturated/α-hetero) is 1. The van der Waals surface area contributed by atoms with Crippen LogP contribution in [0.25, 0.3) is 0 Å². The second-order valence-electron chi connectivity index (χ2n) is 5.71. The van der Waals surface area contributed by atoms with E-state index in [4.69, 9.17) is 4.74 Å². The molecule has 0 bridgehead atoms. The molecule has 1 fully saturated rings. The molecule has 1 rings (SSSR count). The molecule has 0 saturated carbocycles. The van der Waals surface area contributed by atoms with Crippen molar-refractivity contribution in [1.82, 2.24) is 0 Å². The van der Waals surface area contributed by atoms with E-state index in [0.717, 1.165) is 19.3 Å². The first-order chi connectivity index (χ1) is 9.18. The molecule has 1 unspecified atom stereocenters.